The fourth-order valence-corrected chi connectivity index (χ4v) is 0.707. The lowest BCUT2D eigenvalue weighted by molar-refractivity contribution is -0.146. The van der Waals surface area contributed by atoms with Crippen LogP contribution in [0.3, 0.4) is 0 Å². The van der Waals surface area contributed by atoms with Gasteiger partial charge in [-0.15, -0.1) is 0 Å². The topological polar surface area (TPSA) is 43.1 Å². The van der Waals surface area contributed by atoms with Gasteiger partial charge in [0, 0.05) is 18.4 Å². The first-order valence-corrected chi connectivity index (χ1v) is 3.99. The van der Waals surface area contributed by atoms with E-state index in [1.807, 2.05) is 0 Å². The van der Waals surface area contributed by atoms with E-state index in [1.165, 1.54) is 0 Å². The zero-order valence-corrected chi connectivity index (χ0v) is 7.74. The molecule has 0 atom stereocenters. The van der Waals surface area contributed by atoms with Crippen molar-refractivity contribution in [3.8, 4) is 0 Å². The average molecular weight is 197 g/mol. The van der Waals surface area contributed by atoms with Gasteiger partial charge in [-0.05, 0) is 0 Å². The van der Waals surface area contributed by atoms with Crippen molar-refractivity contribution in [2.75, 3.05) is 6.54 Å². The van der Waals surface area contributed by atoms with E-state index in [0.29, 0.717) is 0 Å². The van der Waals surface area contributed by atoms with Crippen molar-refractivity contribution in [1.82, 2.24) is 0 Å². The Labute approximate surface area is 75.3 Å². The normalized spacial score (nSPS) is 13.1. The summed E-state index contributed by atoms with van der Waals surface area (Å²) in [6.07, 6.45) is -5.80. The van der Waals surface area contributed by atoms with Crippen LogP contribution in [0.2, 0.25) is 0 Å². The predicted molar refractivity (Wildman–Crippen MR) is 43.1 cm³/mol. The first-order chi connectivity index (χ1) is 5.69. The molecule has 0 amide bonds. The molecule has 0 aromatic heterocycles. The second-order valence-corrected chi connectivity index (χ2v) is 3.63. The van der Waals surface area contributed by atoms with E-state index in [2.05, 4.69) is 0 Å². The monoisotopic (exact) mass is 197 g/mol. The van der Waals surface area contributed by atoms with Crippen molar-refractivity contribution in [2.45, 2.75) is 32.9 Å². The third-order valence-corrected chi connectivity index (χ3v) is 1.90. The van der Waals surface area contributed by atoms with Crippen molar-refractivity contribution in [1.29, 1.82) is 0 Å². The first kappa shape index (κ1) is 12.4. The Bertz CT molecular complexity index is 186. The number of nitrogens with two attached hydrogens (primary N) is 1. The number of carbonyl (C=O) groups excluding carboxylic acids is 1. The lowest BCUT2D eigenvalue weighted by Crippen LogP contribution is -2.33. The van der Waals surface area contributed by atoms with Gasteiger partial charge in [0.15, 0.2) is 0 Å². The van der Waals surface area contributed by atoms with Crippen molar-refractivity contribution in [3.63, 3.8) is 0 Å². The molecule has 0 heterocycles. The van der Waals surface area contributed by atoms with Crippen molar-refractivity contribution < 1.29 is 18.0 Å². The highest BCUT2D eigenvalue weighted by Gasteiger charge is 2.32. The Balaban J connectivity index is 4.03. The van der Waals surface area contributed by atoms with Crippen molar-refractivity contribution >= 4 is 5.78 Å². The highest BCUT2D eigenvalue weighted by atomic mass is 19.4. The van der Waals surface area contributed by atoms with Crippen LogP contribution in [0, 0.1) is 5.41 Å². The van der Waals surface area contributed by atoms with E-state index in [-0.39, 0.29) is 6.54 Å². The summed E-state index contributed by atoms with van der Waals surface area (Å²) < 4.78 is 35.2. The summed E-state index contributed by atoms with van der Waals surface area (Å²) in [5.74, 6) is -0.438. The van der Waals surface area contributed by atoms with E-state index in [1.54, 1.807) is 13.8 Å². The Kier molecular flexibility index (Phi) is 3.90. The molecular weight excluding hydrogens is 183 g/mol. The van der Waals surface area contributed by atoms with Crippen LogP contribution in [0.15, 0.2) is 0 Å². The predicted octanol–water partition coefficient (Wildman–Crippen LogP) is 1.88. The van der Waals surface area contributed by atoms with E-state index in [0.717, 1.165) is 0 Å². The number of halogens is 3. The second kappa shape index (κ2) is 4.09. The van der Waals surface area contributed by atoms with Crippen LogP contribution in [0.25, 0.3) is 0 Å². The van der Waals surface area contributed by atoms with Gasteiger partial charge < -0.3 is 5.73 Å². The Morgan fingerprint density at radius 1 is 1.31 bits per heavy atom. The largest absolute Gasteiger partial charge is 0.389 e. The summed E-state index contributed by atoms with van der Waals surface area (Å²) in [5, 5.41) is 0. The van der Waals surface area contributed by atoms with Gasteiger partial charge in [-0.25, -0.2) is 0 Å². The standard InChI is InChI=1S/C8H14F3NO/c1-7(2,5-12)6(13)3-4-8(9,10)11/h3-5,12H2,1-2H3. The Morgan fingerprint density at radius 2 is 1.77 bits per heavy atom. The third-order valence-electron chi connectivity index (χ3n) is 1.90. The highest BCUT2D eigenvalue weighted by molar-refractivity contribution is 5.84. The molecule has 0 aromatic carbocycles. The quantitative estimate of drug-likeness (QED) is 0.747. The molecule has 2 N–H and O–H groups in total. The molecule has 0 unspecified atom stereocenters. The molecule has 0 fully saturated rings. The number of alkyl halides is 3. The maximum absolute atomic E-state index is 11.7. The maximum atomic E-state index is 11.7. The van der Waals surface area contributed by atoms with Crippen molar-refractivity contribution in [2.24, 2.45) is 11.1 Å². The first-order valence-electron chi connectivity index (χ1n) is 3.99. The van der Waals surface area contributed by atoms with Gasteiger partial charge >= 0.3 is 6.18 Å². The third kappa shape index (κ3) is 4.87. The lowest BCUT2D eigenvalue weighted by Gasteiger charge is -2.20. The highest BCUT2D eigenvalue weighted by Crippen LogP contribution is 2.25. The number of Topliss-reactive ketones (excluding diaryl/α,β-unsaturated/α-hetero) is 1. The molecule has 0 spiro atoms. The number of rotatable bonds is 4. The van der Waals surface area contributed by atoms with Crippen LogP contribution in [0.4, 0.5) is 13.2 Å². The second-order valence-electron chi connectivity index (χ2n) is 3.63. The molecule has 0 aliphatic heterocycles. The van der Waals surface area contributed by atoms with Gasteiger partial charge in [-0.3, -0.25) is 4.79 Å². The molecular formula is C8H14F3NO. The van der Waals surface area contributed by atoms with Crippen LogP contribution < -0.4 is 5.73 Å². The molecule has 0 radical (unpaired) electrons. The molecule has 0 bridgehead atoms. The van der Waals surface area contributed by atoms with E-state index in [4.69, 9.17) is 5.73 Å². The summed E-state index contributed by atoms with van der Waals surface area (Å²) in [5.41, 5.74) is 4.40. The van der Waals surface area contributed by atoms with Gasteiger partial charge in [0.1, 0.15) is 5.78 Å². The molecule has 0 rings (SSSR count). The number of hydrogen-bond acceptors (Lipinski definition) is 2. The van der Waals surface area contributed by atoms with Gasteiger partial charge in [0.05, 0.1) is 6.42 Å². The van der Waals surface area contributed by atoms with Crippen molar-refractivity contribution in [3.05, 3.63) is 0 Å². The summed E-state index contributed by atoms with van der Waals surface area (Å²) in [4.78, 5) is 11.2. The van der Waals surface area contributed by atoms with Crippen LogP contribution in [-0.2, 0) is 4.79 Å². The lowest BCUT2D eigenvalue weighted by atomic mass is 9.86. The summed E-state index contributed by atoms with van der Waals surface area (Å²) in [7, 11) is 0. The number of hydrogen-bond donors (Lipinski definition) is 1. The van der Waals surface area contributed by atoms with E-state index in [9.17, 15) is 18.0 Å². The SMILES string of the molecule is CC(C)(CN)C(=O)CCC(F)(F)F. The molecule has 78 valence electrons. The van der Waals surface area contributed by atoms with Crippen LogP contribution in [0.1, 0.15) is 26.7 Å². The fourth-order valence-electron chi connectivity index (χ4n) is 0.707. The Hall–Kier alpha value is -0.580. The summed E-state index contributed by atoms with van der Waals surface area (Å²) in [6.45, 7) is 3.17. The molecule has 0 saturated carbocycles. The minimum Gasteiger partial charge on any atom is -0.329 e. The van der Waals surface area contributed by atoms with Gasteiger partial charge in [-0.1, -0.05) is 13.8 Å². The van der Waals surface area contributed by atoms with Gasteiger partial charge in [-0.2, -0.15) is 13.2 Å². The van der Waals surface area contributed by atoms with E-state index >= 15 is 0 Å². The smallest absolute Gasteiger partial charge is 0.329 e. The number of ketones is 1. The van der Waals surface area contributed by atoms with Gasteiger partial charge in [0.2, 0.25) is 0 Å². The zero-order chi connectivity index (χ0) is 10.7. The van der Waals surface area contributed by atoms with Crippen LogP contribution in [0.5, 0.6) is 0 Å². The minimum absolute atomic E-state index is 0.0731. The van der Waals surface area contributed by atoms with Crippen LogP contribution in [-0.4, -0.2) is 18.5 Å². The molecule has 2 nitrogen and oxygen atoms in total. The van der Waals surface area contributed by atoms with E-state index < -0.39 is 30.2 Å². The molecule has 0 aliphatic carbocycles. The number of carbonyl (C=O) groups is 1. The maximum Gasteiger partial charge on any atom is 0.389 e. The summed E-state index contributed by atoms with van der Waals surface area (Å²) >= 11 is 0. The zero-order valence-electron chi connectivity index (χ0n) is 7.74. The fraction of sp³-hybridized carbons (Fsp3) is 0.875. The molecule has 0 aromatic rings. The minimum atomic E-state index is -4.26. The molecule has 0 aliphatic rings. The Morgan fingerprint density at radius 3 is 2.08 bits per heavy atom. The average Bonchev–Trinajstić information content (AvgIpc) is 1.98. The van der Waals surface area contributed by atoms with Crippen LogP contribution >= 0.6 is 0 Å². The summed E-state index contributed by atoms with van der Waals surface area (Å²) in [6, 6.07) is 0. The molecule has 0 saturated heterocycles. The molecule has 5 heteroatoms. The van der Waals surface area contributed by atoms with Gasteiger partial charge in [0.25, 0.3) is 0 Å². The molecule has 13 heavy (non-hydrogen) atoms.